The van der Waals surface area contributed by atoms with Crippen LogP contribution in [-0.2, 0) is 0 Å². The van der Waals surface area contributed by atoms with Crippen molar-refractivity contribution in [2.24, 2.45) is 0 Å². The third-order valence-electron chi connectivity index (χ3n) is 2.82. The van der Waals surface area contributed by atoms with E-state index in [-0.39, 0.29) is 0 Å². The number of rotatable bonds is 1. The molecule has 14 heavy (non-hydrogen) atoms. The fourth-order valence-electron chi connectivity index (χ4n) is 2.02. The van der Waals surface area contributed by atoms with Crippen molar-refractivity contribution in [1.82, 2.24) is 5.32 Å². The molecule has 1 aliphatic rings. The molecule has 0 radical (unpaired) electrons. The Bertz CT molecular complexity index is 342. The topological polar surface area (TPSA) is 12.0 Å². The van der Waals surface area contributed by atoms with E-state index in [0.29, 0.717) is 5.92 Å². The van der Waals surface area contributed by atoms with Crippen LogP contribution >= 0.6 is 0 Å². The third kappa shape index (κ3) is 1.97. The Kier molecular flexibility index (Phi) is 2.86. The summed E-state index contributed by atoms with van der Waals surface area (Å²) in [5.41, 5.74) is 2.38. The SMILES string of the molecule is C#Cc1cccc([C@H]2CCCNC2)c1. The largest absolute Gasteiger partial charge is 0.316 e. The zero-order chi connectivity index (χ0) is 9.80. The molecular weight excluding hydrogens is 170 g/mol. The molecule has 72 valence electrons. The number of piperidine rings is 1. The van der Waals surface area contributed by atoms with Gasteiger partial charge in [0.2, 0.25) is 0 Å². The highest BCUT2D eigenvalue weighted by atomic mass is 14.9. The fraction of sp³-hybridized carbons (Fsp3) is 0.385. The van der Waals surface area contributed by atoms with Gasteiger partial charge in [-0.2, -0.15) is 0 Å². The molecule has 1 aromatic rings. The van der Waals surface area contributed by atoms with Crippen molar-refractivity contribution in [3.8, 4) is 12.3 Å². The quantitative estimate of drug-likeness (QED) is 0.661. The van der Waals surface area contributed by atoms with Gasteiger partial charge in [-0.05, 0) is 43.0 Å². The van der Waals surface area contributed by atoms with Crippen molar-refractivity contribution in [1.29, 1.82) is 0 Å². The van der Waals surface area contributed by atoms with E-state index < -0.39 is 0 Å². The Hall–Kier alpha value is -1.26. The van der Waals surface area contributed by atoms with Gasteiger partial charge >= 0.3 is 0 Å². The lowest BCUT2D eigenvalue weighted by Crippen LogP contribution is -2.28. The Balaban J connectivity index is 2.18. The van der Waals surface area contributed by atoms with E-state index in [4.69, 9.17) is 6.42 Å². The molecule has 1 nitrogen and oxygen atoms in total. The molecule has 1 fully saturated rings. The van der Waals surface area contributed by atoms with E-state index in [9.17, 15) is 0 Å². The van der Waals surface area contributed by atoms with E-state index in [2.05, 4.69) is 29.4 Å². The molecule has 0 spiro atoms. The molecule has 0 saturated carbocycles. The van der Waals surface area contributed by atoms with Crippen LogP contribution in [0.3, 0.4) is 0 Å². The second-order valence-corrected chi connectivity index (χ2v) is 3.81. The minimum absolute atomic E-state index is 0.650. The van der Waals surface area contributed by atoms with Gasteiger partial charge in [-0.15, -0.1) is 6.42 Å². The first-order chi connectivity index (χ1) is 6.90. The van der Waals surface area contributed by atoms with Gasteiger partial charge in [-0.25, -0.2) is 0 Å². The predicted molar refractivity (Wildman–Crippen MR) is 59.2 cm³/mol. The standard InChI is InChI=1S/C13H15N/c1-2-11-5-3-6-12(9-11)13-7-4-8-14-10-13/h1,3,5-6,9,13-14H,4,7-8,10H2/t13-/m0/s1. The number of terminal acetylenes is 1. The van der Waals surface area contributed by atoms with E-state index in [0.717, 1.165) is 18.7 Å². The normalized spacial score (nSPS) is 21.5. The lowest BCUT2D eigenvalue weighted by molar-refractivity contribution is 0.461. The molecule has 1 aliphatic heterocycles. The molecule has 2 rings (SSSR count). The van der Waals surface area contributed by atoms with Crippen LogP contribution in [0.15, 0.2) is 24.3 Å². The lowest BCUT2D eigenvalue weighted by Gasteiger charge is -2.23. The van der Waals surface area contributed by atoms with E-state index in [1.54, 1.807) is 0 Å². The second-order valence-electron chi connectivity index (χ2n) is 3.81. The molecule has 0 aliphatic carbocycles. The van der Waals surface area contributed by atoms with E-state index in [1.807, 2.05) is 6.07 Å². The summed E-state index contributed by atoms with van der Waals surface area (Å²) in [7, 11) is 0. The first-order valence-corrected chi connectivity index (χ1v) is 5.17. The van der Waals surface area contributed by atoms with Gasteiger partial charge in [-0.1, -0.05) is 18.1 Å². The van der Waals surface area contributed by atoms with Crippen LogP contribution in [-0.4, -0.2) is 13.1 Å². The summed E-state index contributed by atoms with van der Waals surface area (Å²) in [4.78, 5) is 0. The number of benzene rings is 1. The molecule has 1 N–H and O–H groups in total. The first-order valence-electron chi connectivity index (χ1n) is 5.17. The summed E-state index contributed by atoms with van der Waals surface area (Å²) in [6, 6.07) is 8.36. The van der Waals surface area contributed by atoms with Crippen LogP contribution in [0.25, 0.3) is 0 Å². The van der Waals surface area contributed by atoms with Crippen LogP contribution in [0.1, 0.15) is 29.9 Å². The molecule has 0 bridgehead atoms. The zero-order valence-corrected chi connectivity index (χ0v) is 8.29. The monoisotopic (exact) mass is 185 g/mol. The minimum atomic E-state index is 0.650. The van der Waals surface area contributed by atoms with E-state index in [1.165, 1.54) is 18.4 Å². The molecule has 0 amide bonds. The van der Waals surface area contributed by atoms with Crippen molar-refractivity contribution in [2.45, 2.75) is 18.8 Å². The zero-order valence-electron chi connectivity index (χ0n) is 8.29. The number of hydrogen-bond donors (Lipinski definition) is 1. The van der Waals surface area contributed by atoms with Crippen LogP contribution in [0.4, 0.5) is 0 Å². The van der Waals surface area contributed by atoms with Gasteiger partial charge in [0.05, 0.1) is 0 Å². The average Bonchev–Trinajstić information content (AvgIpc) is 2.30. The van der Waals surface area contributed by atoms with Crippen LogP contribution in [0.5, 0.6) is 0 Å². The van der Waals surface area contributed by atoms with Crippen molar-refractivity contribution < 1.29 is 0 Å². The summed E-state index contributed by atoms with van der Waals surface area (Å²) < 4.78 is 0. The highest BCUT2D eigenvalue weighted by molar-refractivity contribution is 5.36. The van der Waals surface area contributed by atoms with Crippen molar-refractivity contribution in [2.75, 3.05) is 13.1 Å². The fourth-order valence-corrected chi connectivity index (χ4v) is 2.02. The van der Waals surface area contributed by atoms with Gasteiger partial charge < -0.3 is 5.32 Å². The van der Waals surface area contributed by atoms with Gasteiger partial charge in [0.1, 0.15) is 0 Å². The maximum atomic E-state index is 5.38. The Labute approximate surface area is 85.5 Å². The molecule has 0 unspecified atom stereocenters. The predicted octanol–water partition coefficient (Wildman–Crippen LogP) is 2.13. The summed E-state index contributed by atoms with van der Waals surface area (Å²) in [6.45, 7) is 2.25. The van der Waals surface area contributed by atoms with Gasteiger partial charge in [-0.3, -0.25) is 0 Å². The highest BCUT2D eigenvalue weighted by Crippen LogP contribution is 2.23. The molecule has 1 heterocycles. The van der Waals surface area contributed by atoms with Crippen LogP contribution in [0, 0.1) is 12.3 Å². The Morgan fingerprint density at radius 3 is 3.07 bits per heavy atom. The molecular formula is C13H15N. The van der Waals surface area contributed by atoms with Gasteiger partial charge in [0, 0.05) is 12.1 Å². The summed E-state index contributed by atoms with van der Waals surface area (Å²) in [5, 5.41) is 3.42. The summed E-state index contributed by atoms with van der Waals surface area (Å²) in [6.07, 6.45) is 7.93. The molecule has 0 aromatic heterocycles. The molecule has 1 saturated heterocycles. The highest BCUT2D eigenvalue weighted by Gasteiger charge is 2.14. The van der Waals surface area contributed by atoms with Crippen LogP contribution < -0.4 is 5.32 Å². The summed E-state index contributed by atoms with van der Waals surface area (Å²) >= 11 is 0. The van der Waals surface area contributed by atoms with Crippen molar-refractivity contribution >= 4 is 0 Å². The first kappa shape index (κ1) is 9.30. The van der Waals surface area contributed by atoms with Crippen LogP contribution in [0.2, 0.25) is 0 Å². The van der Waals surface area contributed by atoms with Gasteiger partial charge in [0.15, 0.2) is 0 Å². The Morgan fingerprint density at radius 2 is 2.36 bits per heavy atom. The average molecular weight is 185 g/mol. The third-order valence-corrected chi connectivity index (χ3v) is 2.82. The molecule has 1 heteroatoms. The van der Waals surface area contributed by atoms with E-state index >= 15 is 0 Å². The van der Waals surface area contributed by atoms with Gasteiger partial charge in [0.25, 0.3) is 0 Å². The number of hydrogen-bond acceptors (Lipinski definition) is 1. The molecule has 1 atom stereocenters. The maximum absolute atomic E-state index is 5.38. The summed E-state index contributed by atoms with van der Waals surface area (Å²) in [5.74, 6) is 3.34. The smallest absolute Gasteiger partial charge is 0.0245 e. The van der Waals surface area contributed by atoms with Crippen molar-refractivity contribution in [3.05, 3.63) is 35.4 Å². The Morgan fingerprint density at radius 1 is 1.43 bits per heavy atom. The lowest BCUT2D eigenvalue weighted by atomic mass is 9.91. The van der Waals surface area contributed by atoms with Crippen molar-refractivity contribution in [3.63, 3.8) is 0 Å². The molecule has 1 aromatic carbocycles. The minimum Gasteiger partial charge on any atom is -0.316 e. The maximum Gasteiger partial charge on any atom is 0.0245 e. The number of nitrogens with one attached hydrogen (secondary N) is 1. The second kappa shape index (κ2) is 4.30.